The largest absolute Gasteiger partial charge is 0.480 e. The number of carbonyl (C=O) groups is 1. The molecule has 0 aliphatic carbocycles. The molecule has 0 aromatic carbocycles. The third-order valence-electron chi connectivity index (χ3n) is 1.86. The standard InChI is InChI=1S/C9H15N3O2/c13-9(14)7-10-3-1-2-5-12-6-4-11-8-12/h4,6,8,10H,1-3,5,7H2,(H,13,14). The summed E-state index contributed by atoms with van der Waals surface area (Å²) in [4.78, 5) is 14.1. The van der Waals surface area contributed by atoms with Gasteiger partial charge in [-0.1, -0.05) is 0 Å². The van der Waals surface area contributed by atoms with Crippen LogP contribution in [-0.4, -0.2) is 33.7 Å². The fourth-order valence-electron chi connectivity index (χ4n) is 1.16. The molecule has 0 saturated carbocycles. The summed E-state index contributed by atoms with van der Waals surface area (Å²) < 4.78 is 2.01. The lowest BCUT2D eigenvalue weighted by molar-refractivity contribution is -0.135. The number of unbranched alkanes of at least 4 members (excludes halogenated alkanes) is 1. The number of nitrogens with zero attached hydrogens (tertiary/aromatic N) is 2. The van der Waals surface area contributed by atoms with Crippen LogP contribution in [0, 0.1) is 0 Å². The third-order valence-corrected chi connectivity index (χ3v) is 1.86. The predicted molar refractivity (Wildman–Crippen MR) is 52.0 cm³/mol. The van der Waals surface area contributed by atoms with Gasteiger partial charge in [-0.3, -0.25) is 4.79 Å². The summed E-state index contributed by atoms with van der Waals surface area (Å²) in [5, 5.41) is 11.2. The molecule has 1 heterocycles. The first-order valence-corrected chi connectivity index (χ1v) is 4.67. The molecule has 0 atom stereocenters. The average molecular weight is 197 g/mol. The van der Waals surface area contributed by atoms with Crippen LogP contribution in [0.1, 0.15) is 12.8 Å². The highest BCUT2D eigenvalue weighted by atomic mass is 16.4. The summed E-state index contributed by atoms with van der Waals surface area (Å²) in [6.07, 6.45) is 7.46. The highest BCUT2D eigenvalue weighted by molar-refractivity contribution is 5.68. The Balaban J connectivity index is 1.92. The lowest BCUT2D eigenvalue weighted by Gasteiger charge is -2.02. The predicted octanol–water partition coefficient (Wildman–Crippen LogP) is 0.337. The number of aliphatic carboxylic acids is 1. The number of nitrogens with one attached hydrogen (secondary N) is 1. The molecule has 0 aliphatic rings. The normalized spacial score (nSPS) is 10.3. The van der Waals surface area contributed by atoms with Crippen molar-refractivity contribution in [2.75, 3.05) is 13.1 Å². The van der Waals surface area contributed by atoms with E-state index in [4.69, 9.17) is 5.11 Å². The van der Waals surface area contributed by atoms with E-state index in [0.29, 0.717) is 0 Å². The topological polar surface area (TPSA) is 67.2 Å². The monoisotopic (exact) mass is 197 g/mol. The van der Waals surface area contributed by atoms with E-state index in [1.807, 2.05) is 10.8 Å². The van der Waals surface area contributed by atoms with Crippen LogP contribution in [0.3, 0.4) is 0 Å². The summed E-state index contributed by atoms with van der Waals surface area (Å²) in [5.74, 6) is -0.806. The van der Waals surface area contributed by atoms with Crippen molar-refractivity contribution in [2.45, 2.75) is 19.4 Å². The molecule has 1 aromatic heterocycles. The number of hydrogen-bond donors (Lipinski definition) is 2. The van der Waals surface area contributed by atoms with E-state index < -0.39 is 5.97 Å². The molecule has 0 fully saturated rings. The van der Waals surface area contributed by atoms with Crippen molar-refractivity contribution >= 4 is 5.97 Å². The average Bonchev–Trinajstić information content (AvgIpc) is 2.63. The fraction of sp³-hybridized carbons (Fsp3) is 0.556. The van der Waals surface area contributed by atoms with Crippen LogP contribution in [0.25, 0.3) is 0 Å². The molecular formula is C9H15N3O2. The first kappa shape index (κ1) is 10.7. The Morgan fingerprint density at radius 2 is 2.36 bits per heavy atom. The lowest BCUT2D eigenvalue weighted by atomic mass is 10.3. The summed E-state index contributed by atoms with van der Waals surface area (Å²) >= 11 is 0. The van der Waals surface area contributed by atoms with Crippen molar-refractivity contribution in [2.24, 2.45) is 0 Å². The van der Waals surface area contributed by atoms with Gasteiger partial charge in [-0.15, -0.1) is 0 Å². The first-order chi connectivity index (χ1) is 6.79. The Hall–Kier alpha value is -1.36. The second-order valence-electron chi connectivity index (χ2n) is 3.08. The van der Waals surface area contributed by atoms with E-state index >= 15 is 0 Å². The number of imidazole rings is 1. The van der Waals surface area contributed by atoms with E-state index in [-0.39, 0.29) is 6.54 Å². The van der Waals surface area contributed by atoms with Crippen molar-refractivity contribution in [3.8, 4) is 0 Å². The SMILES string of the molecule is O=C(O)CNCCCCn1ccnc1. The first-order valence-electron chi connectivity index (χ1n) is 4.67. The van der Waals surface area contributed by atoms with E-state index in [2.05, 4.69) is 10.3 Å². The molecule has 2 N–H and O–H groups in total. The van der Waals surface area contributed by atoms with Gasteiger partial charge in [0.15, 0.2) is 0 Å². The molecule has 5 heteroatoms. The molecule has 0 bridgehead atoms. The van der Waals surface area contributed by atoms with Gasteiger partial charge in [0.25, 0.3) is 0 Å². The molecule has 14 heavy (non-hydrogen) atoms. The van der Waals surface area contributed by atoms with Crippen molar-refractivity contribution in [1.82, 2.24) is 14.9 Å². The number of rotatable bonds is 7. The van der Waals surface area contributed by atoms with Crippen LogP contribution >= 0.6 is 0 Å². The van der Waals surface area contributed by atoms with Crippen LogP contribution in [-0.2, 0) is 11.3 Å². The smallest absolute Gasteiger partial charge is 0.317 e. The molecule has 78 valence electrons. The Morgan fingerprint density at radius 1 is 1.50 bits per heavy atom. The summed E-state index contributed by atoms with van der Waals surface area (Å²) in [6, 6.07) is 0. The Morgan fingerprint density at radius 3 is 3.00 bits per heavy atom. The van der Waals surface area contributed by atoms with E-state index in [0.717, 1.165) is 25.9 Å². The number of hydrogen-bond acceptors (Lipinski definition) is 3. The lowest BCUT2D eigenvalue weighted by Crippen LogP contribution is -2.23. The molecule has 5 nitrogen and oxygen atoms in total. The van der Waals surface area contributed by atoms with Gasteiger partial charge in [0.05, 0.1) is 12.9 Å². The zero-order valence-corrected chi connectivity index (χ0v) is 8.02. The highest BCUT2D eigenvalue weighted by Crippen LogP contribution is 1.93. The van der Waals surface area contributed by atoms with Gasteiger partial charge in [0, 0.05) is 18.9 Å². The molecule has 0 aliphatic heterocycles. The molecule has 0 saturated heterocycles. The highest BCUT2D eigenvalue weighted by Gasteiger charge is 1.94. The molecule has 0 unspecified atom stereocenters. The maximum atomic E-state index is 10.1. The maximum Gasteiger partial charge on any atom is 0.317 e. The van der Waals surface area contributed by atoms with Gasteiger partial charge in [0.2, 0.25) is 0 Å². The number of aromatic nitrogens is 2. The summed E-state index contributed by atoms with van der Waals surface area (Å²) in [6.45, 7) is 1.74. The van der Waals surface area contributed by atoms with Gasteiger partial charge in [-0.25, -0.2) is 4.98 Å². The van der Waals surface area contributed by atoms with Crippen LogP contribution in [0.15, 0.2) is 18.7 Å². The second kappa shape index (κ2) is 6.15. The van der Waals surface area contributed by atoms with Gasteiger partial charge >= 0.3 is 5.97 Å². The second-order valence-corrected chi connectivity index (χ2v) is 3.08. The van der Waals surface area contributed by atoms with Gasteiger partial charge < -0.3 is 15.0 Å². The zero-order chi connectivity index (χ0) is 10.2. The summed E-state index contributed by atoms with van der Waals surface area (Å²) in [7, 11) is 0. The van der Waals surface area contributed by atoms with Gasteiger partial charge in [-0.05, 0) is 19.4 Å². The molecule has 0 amide bonds. The molecular weight excluding hydrogens is 182 g/mol. The molecule has 1 rings (SSSR count). The fourth-order valence-corrected chi connectivity index (χ4v) is 1.16. The van der Waals surface area contributed by atoms with Gasteiger partial charge in [-0.2, -0.15) is 0 Å². The quantitative estimate of drug-likeness (QED) is 0.618. The maximum absolute atomic E-state index is 10.1. The van der Waals surface area contributed by atoms with Crippen LogP contribution in [0.2, 0.25) is 0 Å². The third kappa shape index (κ3) is 4.61. The molecule has 0 radical (unpaired) electrons. The van der Waals surface area contributed by atoms with Crippen molar-refractivity contribution in [1.29, 1.82) is 0 Å². The minimum Gasteiger partial charge on any atom is -0.480 e. The molecule has 0 spiro atoms. The van der Waals surface area contributed by atoms with E-state index in [9.17, 15) is 4.79 Å². The minimum atomic E-state index is -0.806. The number of carboxylic acids is 1. The van der Waals surface area contributed by atoms with Crippen LogP contribution < -0.4 is 5.32 Å². The van der Waals surface area contributed by atoms with Crippen molar-refractivity contribution < 1.29 is 9.90 Å². The van der Waals surface area contributed by atoms with Crippen molar-refractivity contribution in [3.63, 3.8) is 0 Å². The van der Waals surface area contributed by atoms with E-state index in [1.165, 1.54) is 0 Å². The Labute approximate surface area is 82.8 Å². The summed E-state index contributed by atoms with van der Waals surface area (Å²) in [5.41, 5.74) is 0. The van der Waals surface area contributed by atoms with Crippen LogP contribution in [0.5, 0.6) is 0 Å². The Bertz CT molecular complexity index is 259. The number of aryl methyl sites for hydroxylation is 1. The minimum absolute atomic E-state index is 0.0467. The van der Waals surface area contributed by atoms with E-state index in [1.54, 1.807) is 12.5 Å². The van der Waals surface area contributed by atoms with Gasteiger partial charge in [0.1, 0.15) is 0 Å². The zero-order valence-electron chi connectivity index (χ0n) is 8.02. The number of carboxylic acid groups (broad SMARTS) is 1. The Kier molecular flexibility index (Phi) is 4.71. The van der Waals surface area contributed by atoms with Crippen LogP contribution in [0.4, 0.5) is 0 Å². The molecule has 1 aromatic rings. The van der Waals surface area contributed by atoms with Crippen molar-refractivity contribution in [3.05, 3.63) is 18.7 Å².